The van der Waals surface area contributed by atoms with Crippen molar-refractivity contribution in [2.24, 2.45) is 0 Å². The number of halogens is 1. The van der Waals surface area contributed by atoms with E-state index in [9.17, 15) is 25.9 Å². The standard InChI is InChI=1S/C32H18N8O6S2.Al.ClH/c41-47(42,43)15-9-11-21-23(13-15)31-38-29(21)36-27-19-7-3-1-5-17(19)25(34-27)33-26-18-6-2-4-8-20(18)28(35-26)37-30-22-12-10-16(48(44,45)46)14-24(22)32(39-30)40-31;;/h1-14H,(H,41,42,43)(H,44,45,46)(H2,33,34,35,36,37,38,39,40);;1H/q;+3;/p-3. The summed E-state index contributed by atoms with van der Waals surface area (Å²) in [6.07, 6.45) is 0. The van der Waals surface area contributed by atoms with E-state index >= 15 is 0 Å². The van der Waals surface area contributed by atoms with Crippen molar-refractivity contribution in [2.45, 2.75) is 9.79 Å². The number of H-pyrrole nitrogens is 2. The van der Waals surface area contributed by atoms with Crippen molar-refractivity contribution in [1.82, 2.24) is 39.9 Å². The van der Waals surface area contributed by atoms with E-state index in [1.165, 1.54) is 30.3 Å². The Balaban J connectivity index is 0.00000196. The monoisotopic (exact) mass is 734 g/mol. The third kappa shape index (κ3) is 5.32. The summed E-state index contributed by atoms with van der Waals surface area (Å²) in [6.45, 7) is 0. The van der Waals surface area contributed by atoms with Crippen molar-refractivity contribution in [2.75, 3.05) is 0 Å². The summed E-state index contributed by atoms with van der Waals surface area (Å²) in [6, 6.07) is 22.4. The largest absolute Gasteiger partial charge is 3.00 e. The van der Waals surface area contributed by atoms with Crippen molar-refractivity contribution in [3.63, 3.8) is 0 Å². The summed E-state index contributed by atoms with van der Waals surface area (Å²) < 4.78 is 72.0. The number of aromatic amines is 2. The molecule has 0 atom stereocenters. The molecule has 4 aromatic carbocycles. The zero-order valence-corrected chi connectivity index (χ0v) is 28.5. The number of hydrogen-bond donors (Lipinski definition) is 2. The predicted molar refractivity (Wildman–Crippen MR) is 178 cm³/mol. The minimum absolute atomic E-state index is 0. The van der Waals surface area contributed by atoms with Crippen molar-refractivity contribution < 1.29 is 38.3 Å². The second-order valence-electron chi connectivity index (χ2n) is 11.0. The summed E-state index contributed by atoms with van der Waals surface area (Å²) in [5.41, 5.74) is 3.20. The van der Waals surface area contributed by atoms with Crippen LogP contribution in [0.5, 0.6) is 0 Å². The Labute approximate surface area is 298 Å². The topological polar surface area (TPSA) is 223 Å². The van der Waals surface area contributed by atoms with Crippen LogP contribution >= 0.6 is 0 Å². The summed E-state index contributed by atoms with van der Waals surface area (Å²) in [5.74, 6) is 0.844. The van der Waals surface area contributed by atoms with E-state index in [4.69, 9.17) is 19.9 Å². The fourth-order valence-electron chi connectivity index (χ4n) is 5.96. The second-order valence-corrected chi connectivity index (χ2v) is 13.8. The van der Waals surface area contributed by atoms with Gasteiger partial charge in [0, 0.05) is 43.8 Å². The molecule has 18 heteroatoms. The Kier molecular flexibility index (Phi) is 7.84. The van der Waals surface area contributed by atoms with Gasteiger partial charge in [-0.15, -0.1) is 0 Å². The molecule has 8 bridgehead atoms. The first-order valence-electron chi connectivity index (χ1n) is 14.2. The fraction of sp³-hybridized carbons (Fsp3) is 0. The fourth-order valence-corrected chi connectivity index (χ4v) is 6.96. The molecule has 2 N–H and O–H groups in total. The van der Waals surface area contributed by atoms with Crippen LogP contribution < -0.4 is 12.4 Å². The van der Waals surface area contributed by atoms with Gasteiger partial charge in [-0.3, -0.25) is 0 Å². The van der Waals surface area contributed by atoms with Crippen LogP contribution in [-0.2, 0) is 20.2 Å². The molecule has 14 nitrogen and oxygen atoms in total. The first-order valence-corrected chi connectivity index (χ1v) is 17.0. The van der Waals surface area contributed by atoms with Gasteiger partial charge in [-0.1, -0.05) is 48.5 Å². The first-order chi connectivity index (χ1) is 23.0. The summed E-state index contributed by atoms with van der Waals surface area (Å²) >= 11 is 0. The molecule has 0 amide bonds. The average molecular weight is 735 g/mol. The van der Waals surface area contributed by atoms with E-state index in [-0.39, 0.29) is 63.7 Å². The van der Waals surface area contributed by atoms with Crippen LogP contribution in [0.3, 0.4) is 0 Å². The molecule has 2 aliphatic rings. The molecule has 7 aromatic rings. The molecular weight excluding hydrogens is 719 g/mol. The molecule has 0 unspecified atom stereocenters. The van der Waals surface area contributed by atoms with Crippen LogP contribution in [0.25, 0.3) is 89.7 Å². The number of benzene rings is 4. The van der Waals surface area contributed by atoms with E-state index < -0.39 is 30.0 Å². The molecule has 5 heterocycles. The van der Waals surface area contributed by atoms with Crippen LogP contribution in [-0.4, -0.2) is 83.2 Å². The molecule has 2 aliphatic heterocycles. The minimum Gasteiger partial charge on any atom is -1.00 e. The van der Waals surface area contributed by atoms with E-state index in [2.05, 4.69) is 19.9 Å². The second kappa shape index (κ2) is 11.7. The van der Waals surface area contributed by atoms with E-state index in [1.54, 1.807) is 0 Å². The summed E-state index contributed by atoms with van der Waals surface area (Å²) in [5, 5.41) is 2.12. The van der Waals surface area contributed by atoms with E-state index in [1.807, 2.05) is 48.5 Å². The Hall–Kier alpha value is -5.12. The third-order valence-electron chi connectivity index (χ3n) is 8.17. The van der Waals surface area contributed by atoms with Gasteiger partial charge in [-0.25, -0.2) is 46.7 Å². The van der Waals surface area contributed by atoms with Gasteiger partial charge in [0.15, 0.2) is 23.3 Å². The average Bonchev–Trinajstić information content (AvgIpc) is 3.79. The van der Waals surface area contributed by atoms with Gasteiger partial charge in [-0.05, 0) is 36.4 Å². The zero-order valence-electron chi connectivity index (χ0n) is 25.0. The Morgan fingerprint density at radius 2 is 0.820 bits per heavy atom. The smallest absolute Gasteiger partial charge is 1.00 e. The Bertz CT molecular complexity index is 2990. The molecule has 0 fully saturated rings. The molecule has 0 radical (unpaired) electrons. The van der Waals surface area contributed by atoms with Crippen molar-refractivity contribution in [3.8, 4) is 45.6 Å². The maximum atomic E-state index is 12.0. The van der Waals surface area contributed by atoms with Gasteiger partial charge in [-0.2, -0.15) is 0 Å². The maximum absolute atomic E-state index is 12.0. The number of hydrogen-bond acceptors (Lipinski definition) is 12. The molecule has 9 rings (SSSR count). The molecular formula is C32H16AlClN8O6S2. The van der Waals surface area contributed by atoms with Gasteiger partial charge in [0.05, 0.1) is 9.79 Å². The van der Waals surface area contributed by atoms with Crippen molar-refractivity contribution in [3.05, 3.63) is 84.9 Å². The Morgan fingerprint density at radius 3 is 1.32 bits per heavy atom. The molecule has 0 spiro atoms. The molecule has 50 heavy (non-hydrogen) atoms. The van der Waals surface area contributed by atoms with Crippen LogP contribution in [0.2, 0.25) is 0 Å². The van der Waals surface area contributed by atoms with Gasteiger partial charge < -0.3 is 31.5 Å². The number of nitrogens with zero attached hydrogens (tertiary/aromatic N) is 6. The number of rotatable bonds is 2. The number of nitrogens with one attached hydrogen (secondary N) is 2. The quantitative estimate of drug-likeness (QED) is 0.189. The first kappa shape index (κ1) is 33.4. The van der Waals surface area contributed by atoms with Crippen molar-refractivity contribution >= 4 is 81.7 Å². The SMILES string of the molecule is O=S(=O)([O-])c1ccc2c(c1)-c1nc-2nc2[nH]c(nc3nc(nc4[nH]c(n1)c1cc(S(=O)(=O)[O-])ccc41)-c1ccccc1-3)c1ccccc21.[Al+3].[Cl-]. The molecule has 0 saturated heterocycles. The van der Waals surface area contributed by atoms with Crippen LogP contribution in [0.1, 0.15) is 0 Å². The molecule has 0 aliphatic carbocycles. The zero-order chi connectivity index (χ0) is 32.9. The molecule has 242 valence electrons. The van der Waals surface area contributed by atoms with Gasteiger partial charge in [0.2, 0.25) is 0 Å². The molecule has 3 aromatic heterocycles. The van der Waals surface area contributed by atoms with Gasteiger partial charge >= 0.3 is 17.4 Å². The van der Waals surface area contributed by atoms with E-state index in [0.29, 0.717) is 39.5 Å². The van der Waals surface area contributed by atoms with Crippen LogP contribution in [0.15, 0.2) is 94.7 Å². The minimum atomic E-state index is -4.85. The summed E-state index contributed by atoms with van der Waals surface area (Å²) in [4.78, 5) is 33.9. The van der Waals surface area contributed by atoms with Crippen LogP contribution in [0, 0.1) is 0 Å². The van der Waals surface area contributed by atoms with Gasteiger partial charge in [0.1, 0.15) is 42.8 Å². The van der Waals surface area contributed by atoms with Crippen molar-refractivity contribution in [1.29, 1.82) is 0 Å². The van der Waals surface area contributed by atoms with Crippen LogP contribution in [0.4, 0.5) is 0 Å². The predicted octanol–water partition coefficient (Wildman–Crippen LogP) is 1.30. The number of aromatic nitrogens is 8. The number of fused-ring (bicyclic) bond motifs is 20. The normalized spacial score (nSPS) is 12.2. The summed E-state index contributed by atoms with van der Waals surface area (Å²) in [7, 11) is -9.70. The molecule has 0 saturated carbocycles. The van der Waals surface area contributed by atoms with E-state index in [0.717, 1.165) is 22.4 Å². The Morgan fingerprint density at radius 1 is 0.440 bits per heavy atom. The maximum Gasteiger partial charge on any atom is 3.00 e. The third-order valence-corrected chi connectivity index (χ3v) is 9.83. The van der Waals surface area contributed by atoms with Gasteiger partial charge in [0.25, 0.3) is 0 Å².